The van der Waals surface area contributed by atoms with Crippen LogP contribution in [0.4, 0.5) is 6.01 Å². The molecule has 2 rings (SSSR count). The number of benzene rings is 1. The van der Waals surface area contributed by atoms with Crippen LogP contribution in [0.3, 0.4) is 0 Å². The third-order valence-corrected chi connectivity index (χ3v) is 2.84. The van der Waals surface area contributed by atoms with Crippen LogP contribution in [0.25, 0.3) is 0 Å². The molecule has 106 valence electrons. The molecule has 0 aliphatic carbocycles. The molecule has 0 radical (unpaired) electrons. The van der Waals surface area contributed by atoms with E-state index < -0.39 is 12.0 Å². The van der Waals surface area contributed by atoms with Crippen molar-refractivity contribution in [1.29, 1.82) is 0 Å². The topological polar surface area (TPSA) is 88.2 Å². The second-order valence-corrected chi connectivity index (χ2v) is 4.84. The predicted molar refractivity (Wildman–Crippen MR) is 73.6 cm³/mol. The van der Waals surface area contributed by atoms with Gasteiger partial charge in [0.1, 0.15) is 6.04 Å². The fraction of sp³-hybridized carbons (Fsp3) is 0.357. The van der Waals surface area contributed by atoms with E-state index in [-0.39, 0.29) is 11.9 Å². The number of nitrogens with one attached hydrogen (secondary N) is 1. The van der Waals surface area contributed by atoms with Gasteiger partial charge in [-0.25, -0.2) is 4.79 Å². The van der Waals surface area contributed by atoms with Crippen molar-refractivity contribution in [1.82, 2.24) is 10.1 Å². The molecule has 1 aromatic carbocycles. The molecule has 6 heteroatoms. The predicted octanol–water partition coefficient (Wildman–Crippen LogP) is 2.30. The number of aliphatic carboxylic acids is 1. The van der Waals surface area contributed by atoms with Crippen LogP contribution in [-0.4, -0.2) is 27.3 Å². The van der Waals surface area contributed by atoms with E-state index in [2.05, 4.69) is 15.5 Å². The van der Waals surface area contributed by atoms with Crippen LogP contribution in [0.5, 0.6) is 0 Å². The lowest BCUT2D eigenvalue weighted by molar-refractivity contribution is -0.137. The number of nitrogens with zero attached hydrogens (tertiary/aromatic N) is 2. The molecule has 0 spiro atoms. The summed E-state index contributed by atoms with van der Waals surface area (Å²) in [5, 5.41) is 15.8. The number of hydrogen-bond donors (Lipinski definition) is 2. The summed E-state index contributed by atoms with van der Waals surface area (Å²) in [4.78, 5) is 15.4. The Morgan fingerprint density at radius 2 is 2.05 bits per heavy atom. The van der Waals surface area contributed by atoms with Gasteiger partial charge in [0.2, 0.25) is 0 Å². The van der Waals surface area contributed by atoms with Crippen LogP contribution < -0.4 is 5.32 Å². The minimum absolute atomic E-state index is 0.131. The molecule has 0 unspecified atom stereocenters. The van der Waals surface area contributed by atoms with Crippen molar-refractivity contribution in [2.24, 2.45) is 0 Å². The van der Waals surface area contributed by atoms with E-state index in [1.54, 1.807) is 0 Å². The van der Waals surface area contributed by atoms with Crippen molar-refractivity contribution in [3.63, 3.8) is 0 Å². The maximum atomic E-state index is 11.3. The minimum atomic E-state index is -0.960. The van der Waals surface area contributed by atoms with Gasteiger partial charge in [0.05, 0.1) is 0 Å². The van der Waals surface area contributed by atoms with Gasteiger partial charge in [-0.3, -0.25) is 0 Å². The highest BCUT2D eigenvalue weighted by molar-refractivity contribution is 5.76. The van der Waals surface area contributed by atoms with E-state index in [0.717, 1.165) is 5.56 Å². The van der Waals surface area contributed by atoms with Gasteiger partial charge in [0.25, 0.3) is 0 Å². The van der Waals surface area contributed by atoms with E-state index >= 15 is 0 Å². The summed E-state index contributed by atoms with van der Waals surface area (Å²) < 4.78 is 5.01. The van der Waals surface area contributed by atoms with Crippen LogP contribution >= 0.6 is 0 Å². The van der Waals surface area contributed by atoms with Gasteiger partial charge >= 0.3 is 12.0 Å². The van der Waals surface area contributed by atoms with Crippen LogP contribution in [0.2, 0.25) is 0 Å². The number of hydrogen-bond acceptors (Lipinski definition) is 5. The van der Waals surface area contributed by atoms with Crippen molar-refractivity contribution in [3.05, 3.63) is 41.7 Å². The number of aromatic nitrogens is 2. The van der Waals surface area contributed by atoms with Crippen LogP contribution in [0.1, 0.15) is 31.2 Å². The lowest BCUT2D eigenvalue weighted by atomic mass is 10.1. The smallest absolute Gasteiger partial charge is 0.326 e. The first-order chi connectivity index (χ1) is 9.56. The Labute approximate surface area is 116 Å². The van der Waals surface area contributed by atoms with Crippen molar-refractivity contribution in [3.8, 4) is 0 Å². The minimum Gasteiger partial charge on any atom is -0.480 e. The summed E-state index contributed by atoms with van der Waals surface area (Å²) in [5.74, 6) is -0.277. The molecular weight excluding hydrogens is 258 g/mol. The fourth-order valence-corrected chi connectivity index (χ4v) is 1.73. The first kappa shape index (κ1) is 14.0. The third-order valence-electron chi connectivity index (χ3n) is 2.84. The van der Waals surface area contributed by atoms with Gasteiger partial charge in [-0.1, -0.05) is 49.3 Å². The van der Waals surface area contributed by atoms with E-state index in [4.69, 9.17) is 4.52 Å². The Morgan fingerprint density at radius 3 is 2.60 bits per heavy atom. The largest absolute Gasteiger partial charge is 0.480 e. The van der Waals surface area contributed by atoms with Gasteiger partial charge in [-0.15, -0.1) is 0 Å². The molecule has 20 heavy (non-hydrogen) atoms. The van der Waals surface area contributed by atoms with Crippen molar-refractivity contribution < 1.29 is 14.4 Å². The lowest BCUT2D eigenvalue weighted by Crippen LogP contribution is -2.31. The van der Waals surface area contributed by atoms with Gasteiger partial charge in [0.15, 0.2) is 5.82 Å². The van der Waals surface area contributed by atoms with Crippen molar-refractivity contribution >= 4 is 12.0 Å². The Hall–Kier alpha value is -2.37. The molecule has 0 bridgehead atoms. The molecular formula is C14H17N3O3. The van der Waals surface area contributed by atoms with Crippen molar-refractivity contribution in [2.45, 2.75) is 32.2 Å². The first-order valence-electron chi connectivity index (χ1n) is 6.43. The zero-order valence-electron chi connectivity index (χ0n) is 11.4. The SMILES string of the molecule is CC(C)c1noc(N[C@@H](Cc2ccccc2)C(=O)O)n1. The average molecular weight is 275 g/mol. The van der Waals surface area contributed by atoms with Crippen LogP contribution in [0.15, 0.2) is 34.9 Å². The first-order valence-corrected chi connectivity index (χ1v) is 6.43. The summed E-state index contributed by atoms with van der Waals surface area (Å²) >= 11 is 0. The molecule has 2 aromatic rings. The summed E-state index contributed by atoms with van der Waals surface area (Å²) in [5.41, 5.74) is 0.927. The van der Waals surface area contributed by atoms with Crippen LogP contribution in [-0.2, 0) is 11.2 Å². The van der Waals surface area contributed by atoms with E-state index in [9.17, 15) is 9.90 Å². The molecule has 6 nitrogen and oxygen atoms in total. The van der Waals surface area contributed by atoms with Gasteiger partial charge in [-0.05, 0) is 5.56 Å². The summed E-state index contributed by atoms with van der Waals surface area (Å²) in [6.45, 7) is 3.88. The molecule has 0 saturated heterocycles. The highest BCUT2D eigenvalue weighted by Crippen LogP contribution is 2.14. The molecule has 0 aliphatic rings. The Bertz CT molecular complexity index is 566. The second-order valence-electron chi connectivity index (χ2n) is 4.84. The Morgan fingerprint density at radius 1 is 1.35 bits per heavy atom. The number of carbonyl (C=O) groups is 1. The lowest BCUT2D eigenvalue weighted by Gasteiger charge is -2.12. The van der Waals surface area contributed by atoms with E-state index in [1.165, 1.54) is 0 Å². The Kier molecular flexibility index (Phi) is 4.34. The zero-order chi connectivity index (χ0) is 14.5. The molecule has 0 amide bonds. The third kappa shape index (κ3) is 3.57. The molecule has 0 aliphatic heterocycles. The number of rotatable bonds is 6. The highest BCUT2D eigenvalue weighted by Gasteiger charge is 2.21. The summed E-state index contributed by atoms with van der Waals surface area (Å²) in [6, 6.07) is 8.72. The standard InChI is InChI=1S/C14H17N3O3/c1-9(2)12-16-14(20-17-12)15-11(13(18)19)8-10-6-4-3-5-7-10/h3-7,9,11H,8H2,1-2H3,(H,18,19)(H,15,16,17)/t11-/m0/s1. The summed E-state index contributed by atoms with van der Waals surface area (Å²) in [7, 11) is 0. The molecule has 0 saturated carbocycles. The average Bonchev–Trinajstić information content (AvgIpc) is 2.88. The second kappa shape index (κ2) is 6.18. The van der Waals surface area contributed by atoms with Gasteiger partial charge < -0.3 is 14.9 Å². The van der Waals surface area contributed by atoms with Gasteiger partial charge in [0, 0.05) is 12.3 Å². The van der Waals surface area contributed by atoms with Crippen molar-refractivity contribution in [2.75, 3.05) is 5.32 Å². The molecule has 1 atom stereocenters. The maximum absolute atomic E-state index is 11.3. The molecule has 1 heterocycles. The van der Waals surface area contributed by atoms with E-state index in [0.29, 0.717) is 12.2 Å². The Balaban J connectivity index is 2.07. The molecule has 1 aromatic heterocycles. The maximum Gasteiger partial charge on any atom is 0.326 e. The number of carboxylic acids is 1. The van der Waals surface area contributed by atoms with Gasteiger partial charge in [-0.2, -0.15) is 4.98 Å². The fourth-order valence-electron chi connectivity index (χ4n) is 1.73. The molecule has 0 fully saturated rings. The van der Waals surface area contributed by atoms with E-state index in [1.807, 2.05) is 44.2 Å². The summed E-state index contributed by atoms with van der Waals surface area (Å²) in [6.07, 6.45) is 0.343. The molecule has 2 N–H and O–H groups in total. The monoisotopic (exact) mass is 275 g/mol. The normalized spacial score (nSPS) is 12.3. The van der Waals surface area contributed by atoms with Crippen LogP contribution in [0, 0.1) is 0 Å². The quantitative estimate of drug-likeness (QED) is 0.841. The number of carboxylic acid groups (broad SMARTS) is 1. The zero-order valence-corrected chi connectivity index (χ0v) is 11.4. The number of anilines is 1. The highest BCUT2D eigenvalue weighted by atomic mass is 16.5.